The molecule has 116 valence electrons. The van der Waals surface area contributed by atoms with E-state index in [0.717, 1.165) is 37.0 Å². The highest BCUT2D eigenvalue weighted by Crippen LogP contribution is 2.21. The van der Waals surface area contributed by atoms with Gasteiger partial charge in [-0.05, 0) is 54.8 Å². The summed E-state index contributed by atoms with van der Waals surface area (Å²) in [5, 5.41) is 6.80. The molecule has 20 heavy (non-hydrogen) atoms. The van der Waals surface area contributed by atoms with Gasteiger partial charge in [-0.1, -0.05) is 0 Å². The fourth-order valence-corrected chi connectivity index (χ4v) is 2.76. The Labute approximate surface area is 128 Å². The fraction of sp³-hybridized carbons (Fsp3) is 0.800. The number of hydrogen-bond donors (Lipinski definition) is 1. The lowest BCUT2D eigenvalue weighted by Crippen LogP contribution is -2.35. The largest absolute Gasteiger partial charge is 0.348 e. The van der Waals surface area contributed by atoms with E-state index >= 15 is 0 Å². The van der Waals surface area contributed by atoms with Crippen LogP contribution in [-0.4, -0.2) is 49.2 Å². The highest BCUT2D eigenvalue weighted by Gasteiger charge is 2.12. The molecule has 0 aliphatic rings. The lowest BCUT2D eigenvalue weighted by atomic mass is 10.1. The van der Waals surface area contributed by atoms with Crippen molar-refractivity contribution in [1.29, 1.82) is 0 Å². The Balaban J connectivity index is 2.50. The predicted octanol–water partition coefficient (Wildman–Crippen LogP) is 2.81. The smallest absolute Gasteiger partial charge is 0.185 e. The third-order valence-electron chi connectivity index (χ3n) is 3.03. The fourth-order valence-electron chi connectivity index (χ4n) is 1.85. The maximum absolute atomic E-state index is 4.75. The van der Waals surface area contributed by atoms with Gasteiger partial charge in [0.2, 0.25) is 0 Å². The molecule has 1 aromatic rings. The van der Waals surface area contributed by atoms with Crippen LogP contribution in [0.2, 0.25) is 0 Å². The van der Waals surface area contributed by atoms with Gasteiger partial charge in [-0.2, -0.15) is 0 Å². The third kappa shape index (κ3) is 6.68. The summed E-state index contributed by atoms with van der Waals surface area (Å²) in [5.41, 5.74) is 1.28. The van der Waals surface area contributed by atoms with Crippen LogP contribution in [0.1, 0.15) is 39.8 Å². The number of rotatable bonds is 8. The Hall–Kier alpha value is -0.650. The second kappa shape index (κ2) is 7.96. The van der Waals surface area contributed by atoms with Crippen molar-refractivity contribution in [1.82, 2.24) is 15.2 Å². The molecule has 4 nitrogen and oxygen atoms in total. The first-order chi connectivity index (χ1) is 9.31. The van der Waals surface area contributed by atoms with Gasteiger partial charge in [0.15, 0.2) is 5.13 Å². The van der Waals surface area contributed by atoms with Crippen molar-refractivity contribution in [2.75, 3.05) is 38.6 Å². The van der Waals surface area contributed by atoms with Crippen LogP contribution >= 0.6 is 11.3 Å². The summed E-state index contributed by atoms with van der Waals surface area (Å²) in [7, 11) is 4.24. The first-order valence-corrected chi connectivity index (χ1v) is 8.29. The zero-order chi connectivity index (χ0) is 15.2. The average Bonchev–Trinajstić information content (AvgIpc) is 2.79. The molecule has 5 heteroatoms. The molecule has 0 atom stereocenters. The molecule has 0 aliphatic carbocycles. The van der Waals surface area contributed by atoms with Crippen LogP contribution in [0.5, 0.6) is 0 Å². The number of hydrogen-bond acceptors (Lipinski definition) is 5. The molecular weight excluding hydrogens is 268 g/mol. The normalized spacial score (nSPS) is 12.2. The Morgan fingerprint density at radius 2 is 1.95 bits per heavy atom. The van der Waals surface area contributed by atoms with Crippen molar-refractivity contribution in [3.8, 4) is 0 Å². The van der Waals surface area contributed by atoms with E-state index in [2.05, 4.69) is 62.3 Å². The van der Waals surface area contributed by atoms with Crippen LogP contribution in [0.25, 0.3) is 0 Å². The number of nitrogens with zero attached hydrogens (tertiary/aromatic N) is 3. The van der Waals surface area contributed by atoms with Gasteiger partial charge in [-0.3, -0.25) is 0 Å². The van der Waals surface area contributed by atoms with E-state index in [1.165, 1.54) is 6.42 Å². The van der Waals surface area contributed by atoms with Gasteiger partial charge in [0.25, 0.3) is 0 Å². The zero-order valence-corrected chi connectivity index (χ0v) is 14.7. The second-order valence-electron chi connectivity index (χ2n) is 6.46. The number of anilines is 1. The van der Waals surface area contributed by atoms with E-state index in [0.29, 0.717) is 0 Å². The SMILES string of the molecule is CCN(CCCN(C)C)c1nc(CNC(C)(C)C)cs1. The van der Waals surface area contributed by atoms with Crippen LogP contribution in [0.4, 0.5) is 5.13 Å². The van der Waals surface area contributed by atoms with Crippen molar-refractivity contribution in [3.05, 3.63) is 11.1 Å². The van der Waals surface area contributed by atoms with Gasteiger partial charge < -0.3 is 15.1 Å². The van der Waals surface area contributed by atoms with E-state index in [9.17, 15) is 0 Å². The third-order valence-corrected chi connectivity index (χ3v) is 3.98. The van der Waals surface area contributed by atoms with Crippen molar-refractivity contribution >= 4 is 16.5 Å². The van der Waals surface area contributed by atoms with Gasteiger partial charge in [0.05, 0.1) is 5.69 Å². The minimum absolute atomic E-state index is 0.139. The van der Waals surface area contributed by atoms with Crippen LogP contribution in [-0.2, 0) is 6.54 Å². The molecule has 1 aromatic heterocycles. The molecule has 1 N–H and O–H groups in total. The maximum atomic E-state index is 4.75. The van der Waals surface area contributed by atoms with E-state index in [4.69, 9.17) is 4.98 Å². The molecule has 0 saturated carbocycles. The topological polar surface area (TPSA) is 31.4 Å². The number of nitrogens with one attached hydrogen (secondary N) is 1. The molecule has 0 saturated heterocycles. The quantitative estimate of drug-likeness (QED) is 0.800. The summed E-state index contributed by atoms with van der Waals surface area (Å²) < 4.78 is 0. The predicted molar refractivity (Wildman–Crippen MR) is 89.8 cm³/mol. The van der Waals surface area contributed by atoms with E-state index < -0.39 is 0 Å². The van der Waals surface area contributed by atoms with Crippen LogP contribution in [0, 0.1) is 0 Å². The molecule has 0 aromatic carbocycles. The molecule has 0 unspecified atom stereocenters. The lowest BCUT2D eigenvalue weighted by molar-refractivity contribution is 0.400. The number of aromatic nitrogens is 1. The van der Waals surface area contributed by atoms with Crippen molar-refractivity contribution < 1.29 is 0 Å². The zero-order valence-electron chi connectivity index (χ0n) is 13.9. The van der Waals surface area contributed by atoms with Gasteiger partial charge in [0.1, 0.15) is 0 Å². The van der Waals surface area contributed by atoms with E-state index in [1.807, 2.05) is 0 Å². The van der Waals surface area contributed by atoms with E-state index in [-0.39, 0.29) is 5.54 Å². The van der Waals surface area contributed by atoms with Crippen LogP contribution in [0.3, 0.4) is 0 Å². The molecule has 0 bridgehead atoms. The number of thiazole rings is 1. The maximum Gasteiger partial charge on any atom is 0.185 e. The van der Waals surface area contributed by atoms with E-state index in [1.54, 1.807) is 11.3 Å². The van der Waals surface area contributed by atoms with Gasteiger partial charge in [0, 0.05) is 30.6 Å². The van der Waals surface area contributed by atoms with Crippen molar-refractivity contribution in [2.45, 2.75) is 46.2 Å². The first kappa shape index (κ1) is 17.4. The highest BCUT2D eigenvalue weighted by atomic mass is 32.1. The lowest BCUT2D eigenvalue weighted by Gasteiger charge is -2.21. The molecule has 0 amide bonds. The monoisotopic (exact) mass is 298 g/mol. The van der Waals surface area contributed by atoms with Crippen molar-refractivity contribution in [3.63, 3.8) is 0 Å². The summed E-state index contributed by atoms with van der Waals surface area (Å²) in [4.78, 5) is 9.35. The Bertz CT molecular complexity index is 381. The first-order valence-electron chi connectivity index (χ1n) is 7.41. The summed E-state index contributed by atoms with van der Waals surface area (Å²) in [6, 6.07) is 0. The molecular formula is C15H30N4S. The van der Waals surface area contributed by atoms with Crippen LogP contribution in [0.15, 0.2) is 5.38 Å². The Morgan fingerprint density at radius 3 is 2.50 bits per heavy atom. The van der Waals surface area contributed by atoms with Gasteiger partial charge >= 0.3 is 0 Å². The molecule has 1 heterocycles. The average molecular weight is 298 g/mol. The molecule has 1 rings (SSSR count). The molecule has 0 fully saturated rings. The highest BCUT2D eigenvalue weighted by molar-refractivity contribution is 7.13. The molecule has 0 spiro atoms. The molecule has 0 radical (unpaired) electrons. The minimum atomic E-state index is 0.139. The van der Waals surface area contributed by atoms with Crippen LogP contribution < -0.4 is 10.2 Å². The Kier molecular flexibility index (Phi) is 6.92. The van der Waals surface area contributed by atoms with Gasteiger partial charge in [-0.25, -0.2) is 4.98 Å². The summed E-state index contributed by atoms with van der Waals surface area (Å²) in [6.07, 6.45) is 1.18. The summed E-state index contributed by atoms with van der Waals surface area (Å²) in [6.45, 7) is 12.8. The second-order valence-corrected chi connectivity index (χ2v) is 7.30. The van der Waals surface area contributed by atoms with Gasteiger partial charge in [-0.15, -0.1) is 11.3 Å². The Morgan fingerprint density at radius 1 is 1.25 bits per heavy atom. The summed E-state index contributed by atoms with van der Waals surface area (Å²) >= 11 is 1.75. The molecule has 0 aliphatic heterocycles. The standard InChI is InChI=1S/C15H30N4S/c1-7-19(10-8-9-18(5)6)14-17-13(12-20-14)11-16-15(2,3)4/h12,16H,7-11H2,1-6H3. The summed E-state index contributed by atoms with van der Waals surface area (Å²) in [5.74, 6) is 0. The van der Waals surface area contributed by atoms with Crippen molar-refractivity contribution in [2.24, 2.45) is 0 Å². The minimum Gasteiger partial charge on any atom is -0.348 e.